The van der Waals surface area contributed by atoms with Crippen molar-refractivity contribution in [1.29, 1.82) is 0 Å². The number of carbonyl (C=O) groups excluding carboxylic acids is 1. The van der Waals surface area contributed by atoms with Crippen LogP contribution in [0.3, 0.4) is 0 Å². The molecule has 10 heteroatoms. The topological polar surface area (TPSA) is 86.3 Å². The van der Waals surface area contributed by atoms with Crippen molar-refractivity contribution in [3.8, 4) is 28.7 Å². The fourth-order valence-corrected chi connectivity index (χ4v) is 3.50. The first kappa shape index (κ1) is 28.0. The van der Waals surface area contributed by atoms with Gasteiger partial charge in [0, 0.05) is 6.08 Å². The van der Waals surface area contributed by atoms with Crippen LogP contribution in [0.5, 0.6) is 28.7 Å². The number of aromatic hydroxyl groups is 1. The van der Waals surface area contributed by atoms with Gasteiger partial charge in [0.25, 0.3) is 0 Å². The van der Waals surface area contributed by atoms with Crippen molar-refractivity contribution >= 4 is 29.8 Å². The lowest BCUT2D eigenvalue weighted by Gasteiger charge is -2.13. The van der Waals surface area contributed by atoms with E-state index in [1.54, 1.807) is 30.4 Å². The molecule has 3 rings (SSSR count). The van der Waals surface area contributed by atoms with Gasteiger partial charge in [-0.1, -0.05) is 24.3 Å². The largest absolute Gasteiger partial charge is 0.503 e. The second kappa shape index (κ2) is 12.1. The lowest BCUT2D eigenvalue weighted by Crippen LogP contribution is -2.08. The Labute approximate surface area is 217 Å². The third kappa shape index (κ3) is 6.78. The van der Waals surface area contributed by atoms with E-state index in [2.05, 4.69) is 5.32 Å². The molecule has 0 aliphatic heterocycles. The van der Waals surface area contributed by atoms with E-state index >= 15 is 0 Å². The van der Waals surface area contributed by atoms with Crippen LogP contribution in [0.1, 0.15) is 22.3 Å². The zero-order valence-corrected chi connectivity index (χ0v) is 21.1. The summed E-state index contributed by atoms with van der Waals surface area (Å²) >= 11 is 0. The number of anilines is 1. The highest BCUT2D eigenvalue weighted by atomic mass is 19.4. The Morgan fingerprint density at radius 3 is 1.79 bits per heavy atom. The highest BCUT2D eigenvalue weighted by molar-refractivity contribution is 6.03. The van der Waals surface area contributed by atoms with Gasteiger partial charge >= 0.3 is 6.18 Å². The average Bonchev–Trinajstić information content (AvgIpc) is 2.91. The number of carbonyl (C=O) groups is 1. The van der Waals surface area contributed by atoms with Gasteiger partial charge in [-0.15, -0.1) is 0 Å². The van der Waals surface area contributed by atoms with E-state index in [-0.39, 0.29) is 17.2 Å². The molecule has 0 atom stereocenters. The summed E-state index contributed by atoms with van der Waals surface area (Å²) in [5.74, 6) is 0.638. The first-order chi connectivity index (χ1) is 18.1. The highest BCUT2D eigenvalue weighted by Gasteiger charge is 2.29. The number of alkyl halides is 3. The first-order valence-corrected chi connectivity index (χ1v) is 11.1. The minimum atomic E-state index is -4.44. The van der Waals surface area contributed by atoms with Crippen molar-refractivity contribution in [3.05, 3.63) is 76.9 Å². The smallest absolute Gasteiger partial charge is 0.416 e. The van der Waals surface area contributed by atoms with Crippen LogP contribution in [0.2, 0.25) is 0 Å². The monoisotopic (exact) mass is 529 g/mol. The van der Waals surface area contributed by atoms with E-state index in [1.165, 1.54) is 52.7 Å². The molecule has 0 radical (unpaired) electrons. The Balaban J connectivity index is 1.83. The standard InChI is InChI=1S/C28H26F3NO6/c1-35-22-14-18(5-6-19-15-23(36-2)27(38-4)24(16-19)37-3)13-21(26(22)34)32-25(33)12-9-17-7-10-20(11-8-17)28(29,30)31/h5-16,34H,1-4H3,(H,32,33)/b6-5+,12-9+. The summed E-state index contributed by atoms with van der Waals surface area (Å²) < 4.78 is 59.5. The van der Waals surface area contributed by atoms with E-state index in [0.29, 0.717) is 28.4 Å². The Kier molecular flexibility index (Phi) is 8.90. The van der Waals surface area contributed by atoms with Crippen molar-refractivity contribution < 1.29 is 42.0 Å². The van der Waals surface area contributed by atoms with E-state index in [4.69, 9.17) is 18.9 Å². The Hall–Kier alpha value is -4.60. The van der Waals surface area contributed by atoms with E-state index in [1.807, 2.05) is 0 Å². The molecule has 0 unspecified atom stereocenters. The van der Waals surface area contributed by atoms with Crippen LogP contribution in [-0.4, -0.2) is 39.5 Å². The highest BCUT2D eigenvalue weighted by Crippen LogP contribution is 2.39. The number of methoxy groups -OCH3 is 4. The molecule has 200 valence electrons. The third-order valence-electron chi connectivity index (χ3n) is 5.40. The summed E-state index contributed by atoms with van der Waals surface area (Å²) in [4.78, 5) is 12.5. The lowest BCUT2D eigenvalue weighted by atomic mass is 10.1. The van der Waals surface area contributed by atoms with Gasteiger partial charge in [0.15, 0.2) is 23.0 Å². The van der Waals surface area contributed by atoms with Gasteiger partial charge in [-0.05, 0) is 59.2 Å². The molecule has 7 nitrogen and oxygen atoms in total. The fraction of sp³-hybridized carbons (Fsp3) is 0.179. The number of amides is 1. The molecule has 2 N–H and O–H groups in total. The van der Waals surface area contributed by atoms with Crippen molar-refractivity contribution in [2.75, 3.05) is 33.8 Å². The maximum absolute atomic E-state index is 12.7. The van der Waals surface area contributed by atoms with Crippen molar-refractivity contribution in [2.45, 2.75) is 6.18 Å². The molecule has 38 heavy (non-hydrogen) atoms. The number of rotatable bonds is 9. The Morgan fingerprint density at radius 1 is 0.763 bits per heavy atom. The molecule has 3 aromatic rings. The third-order valence-corrected chi connectivity index (χ3v) is 5.40. The molecule has 0 aliphatic rings. The summed E-state index contributed by atoms with van der Waals surface area (Å²) in [6.07, 6.45) is 1.56. The number of benzene rings is 3. The van der Waals surface area contributed by atoms with Crippen LogP contribution in [0.15, 0.2) is 54.6 Å². The molecule has 0 spiro atoms. The van der Waals surface area contributed by atoms with Crippen LogP contribution in [0.25, 0.3) is 18.2 Å². The number of hydrogen-bond donors (Lipinski definition) is 2. The van der Waals surface area contributed by atoms with E-state index < -0.39 is 17.6 Å². The van der Waals surface area contributed by atoms with Crippen LogP contribution in [-0.2, 0) is 11.0 Å². The van der Waals surface area contributed by atoms with Gasteiger partial charge in [-0.3, -0.25) is 4.79 Å². The predicted molar refractivity (Wildman–Crippen MR) is 139 cm³/mol. The molecule has 3 aromatic carbocycles. The number of phenolic OH excluding ortho intramolecular Hbond substituents is 1. The Morgan fingerprint density at radius 2 is 1.29 bits per heavy atom. The van der Waals surface area contributed by atoms with Crippen molar-refractivity contribution in [3.63, 3.8) is 0 Å². The zero-order valence-electron chi connectivity index (χ0n) is 21.1. The number of ether oxygens (including phenoxy) is 4. The number of halogens is 3. The maximum atomic E-state index is 12.7. The van der Waals surface area contributed by atoms with Gasteiger partial charge in [0.05, 0.1) is 39.7 Å². The van der Waals surface area contributed by atoms with Gasteiger partial charge in [-0.25, -0.2) is 0 Å². The number of phenols is 1. The fourth-order valence-electron chi connectivity index (χ4n) is 3.50. The zero-order chi connectivity index (χ0) is 27.9. The molecule has 0 bridgehead atoms. The first-order valence-electron chi connectivity index (χ1n) is 11.1. The quantitative estimate of drug-likeness (QED) is 0.193. The van der Waals surface area contributed by atoms with Crippen molar-refractivity contribution in [2.24, 2.45) is 0 Å². The molecule has 0 aromatic heterocycles. The summed E-state index contributed by atoms with van der Waals surface area (Å²) in [5.41, 5.74) is 1.02. The predicted octanol–water partition coefficient (Wildman–Crippen LogP) is 6.27. The number of hydrogen-bond acceptors (Lipinski definition) is 6. The second-order valence-corrected chi connectivity index (χ2v) is 7.85. The average molecular weight is 530 g/mol. The summed E-state index contributed by atoms with van der Waals surface area (Å²) in [6, 6.07) is 11.0. The van der Waals surface area contributed by atoms with Gasteiger partial charge in [0.1, 0.15) is 0 Å². The van der Waals surface area contributed by atoms with Crippen LogP contribution in [0, 0.1) is 0 Å². The summed E-state index contributed by atoms with van der Waals surface area (Å²) in [7, 11) is 5.90. The minimum absolute atomic E-state index is 0.0796. The van der Waals surface area contributed by atoms with E-state index in [9.17, 15) is 23.1 Å². The molecule has 0 saturated heterocycles. The van der Waals surface area contributed by atoms with Gasteiger partial charge in [0.2, 0.25) is 11.7 Å². The SMILES string of the molecule is COc1cc(/C=C/c2cc(OC)c(OC)c(OC)c2)cc(NC(=O)/C=C/c2ccc(C(F)(F)F)cc2)c1O. The van der Waals surface area contributed by atoms with Crippen LogP contribution >= 0.6 is 0 Å². The molecule has 0 heterocycles. The molecular weight excluding hydrogens is 503 g/mol. The molecule has 0 fully saturated rings. The van der Waals surface area contributed by atoms with Crippen LogP contribution in [0.4, 0.5) is 18.9 Å². The minimum Gasteiger partial charge on any atom is -0.503 e. The molecule has 1 amide bonds. The number of nitrogens with one attached hydrogen (secondary N) is 1. The molecular formula is C28H26F3NO6. The van der Waals surface area contributed by atoms with Crippen LogP contribution < -0.4 is 24.3 Å². The molecule has 0 aliphatic carbocycles. The van der Waals surface area contributed by atoms with Gasteiger partial charge in [-0.2, -0.15) is 13.2 Å². The van der Waals surface area contributed by atoms with Crippen molar-refractivity contribution in [1.82, 2.24) is 0 Å². The summed E-state index contributed by atoms with van der Waals surface area (Å²) in [5, 5.41) is 13.0. The van der Waals surface area contributed by atoms with Gasteiger partial charge < -0.3 is 29.4 Å². The normalized spacial score (nSPS) is 11.6. The molecule has 0 saturated carbocycles. The maximum Gasteiger partial charge on any atom is 0.416 e. The Bertz CT molecular complexity index is 1320. The second-order valence-electron chi connectivity index (χ2n) is 7.85. The summed E-state index contributed by atoms with van der Waals surface area (Å²) in [6.45, 7) is 0. The lowest BCUT2D eigenvalue weighted by molar-refractivity contribution is -0.137. The van der Waals surface area contributed by atoms with E-state index in [0.717, 1.165) is 23.8 Å².